The Labute approximate surface area is 110 Å². The zero-order chi connectivity index (χ0) is 12.8. The first kappa shape index (κ1) is 13.5. The van der Waals surface area contributed by atoms with Gasteiger partial charge in [0.15, 0.2) is 0 Å². The van der Waals surface area contributed by atoms with Crippen molar-refractivity contribution < 1.29 is 5.11 Å². The summed E-state index contributed by atoms with van der Waals surface area (Å²) in [5, 5.41) is 8.93. The molecule has 3 nitrogen and oxygen atoms in total. The van der Waals surface area contributed by atoms with Gasteiger partial charge in [-0.05, 0) is 18.9 Å². The summed E-state index contributed by atoms with van der Waals surface area (Å²) in [4.78, 5) is 4.90. The Balaban J connectivity index is 1.79. The number of nitrogens with zero attached hydrogens (tertiary/aromatic N) is 2. The van der Waals surface area contributed by atoms with Crippen LogP contribution in [0.15, 0.2) is 30.3 Å². The number of piperazine rings is 1. The van der Waals surface area contributed by atoms with Gasteiger partial charge in [-0.2, -0.15) is 0 Å². The van der Waals surface area contributed by atoms with E-state index in [1.54, 1.807) is 0 Å². The van der Waals surface area contributed by atoms with Crippen molar-refractivity contribution in [3.63, 3.8) is 0 Å². The summed E-state index contributed by atoms with van der Waals surface area (Å²) < 4.78 is 0. The fraction of sp³-hybridized carbons (Fsp3) is 0.600. The quantitative estimate of drug-likeness (QED) is 0.849. The van der Waals surface area contributed by atoms with E-state index in [9.17, 15) is 0 Å². The van der Waals surface area contributed by atoms with Crippen molar-refractivity contribution in [3.05, 3.63) is 35.9 Å². The second-order valence-electron chi connectivity index (χ2n) is 5.14. The summed E-state index contributed by atoms with van der Waals surface area (Å²) in [5.41, 5.74) is 1.42. The molecule has 1 aliphatic rings. The molecular weight excluding hydrogens is 224 g/mol. The van der Waals surface area contributed by atoms with Gasteiger partial charge in [0.25, 0.3) is 0 Å². The molecule has 1 unspecified atom stereocenters. The van der Waals surface area contributed by atoms with E-state index in [0.717, 1.165) is 39.1 Å². The Morgan fingerprint density at radius 1 is 1.11 bits per heavy atom. The molecule has 1 aromatic rings. The fourth-order valence-corrected chi connectivity index (χ4v) is 2.65. The van der Waals surface area contributed by atoms with Crippen LogP contribution in [0.2, 0.25) is 0 Å². The van der Waals surface area contributed by atoms with E-state index in [4.69, 9.17) is 5.11 Å². The number of benzene rings is 1. The van der Waals surface area contributed by atoms with Crippen LogP contribution in [0.25, 0.3) is 0 Å². The number of β-amino-alcohol motifs (C(OH)–C–C–N with tert-alkyl or cyclic N) is 1. The minimum Gasteiger partial charge on any atom is -0.395 e. The predicted molar refractivity (Wildman–Crippen MR) is 74.7 cm³/mol. The third-order valence-corrected chi connectivity index (χ3v) is 3.82. The molecule has 0 bridgehead atoms. The maximum Gasteiger partial charge on any atom is 0.0558 e. The Kier molecular flexibility index (Phi) is 5.17. The van der Waals surface area contributed by atoms with Gasteiger partial charge in [0.2, 0.25) is 0 Å². The highest BCUT2D eigenvalue weighted by molar-refractivity contribution is 5.15. The fourth-order valence-electron chi connectivity index (χ4n) is 2.65. The Hall–Kier alpha value is -0.900. The van der Waals surface area contributed by atoms with Gasteiger partial charge in [-0.3, -0.25) is 9.80 Å². The molecule has 0 aliphatic carbocycles. The third kappa shape index (κ3) is 3.80. The molecule has 1 heterocycles. The average molecular weight is 248 g/mol. The molecule has 0 spiro atoms. The lowest BCUT2D eigenvalue weighted by Crippen LogP contribution is -2.50. The van der Waals surface area contributed by atoms with Crippen molar-refractivity contribution in [2.45, 2.75) is 19.4 Å². The number of hydrogen-bond acceptors (Lipinski definition) is 3. The molecule has 100 valence electrons. The average Bonchev–Trinajstić information content (AvgIpc) is 2.41. The zero-order valence-corrected chi connectivity index (χ0v) is 11.3. The molecule has 1 aliphatic heterocycles. The van der Waals surface area contributed by atoms with Gasteiger partial charge in [0, 0.05) is 38.8 Å². The van der Waals surface area contributed by atoms with Gasteiger partial charge in [-0.15, -0.1) is 0 Å². The molecule has 1 N–H and O–H groups in total. The Morgan fingerprint density at radius 3 is 2.39 bits per heavy atom. The third-order valence-electron chi connectivity index (χ3n) is 3.82. The molecular formula is C15H24N2O. The molecule has 0 saturated carbocycles. The summed E-state index contributed by atoms with van der Waals surface area (Å²) in [7, 11) is 0. The zero-order valence-electron chi connectivity index (χ0n) is 11.3. The van der Waals surface area contributed by atoms with Crippen molar-refractivity contribution in [2.75, 3.05) is 39.3 Å². The monoisotopic (exact) mass is 248 g/mol. The van der Waals surface area contributed by atoms with Crippen molar-refractivity contribution in [3.8, 4) is 0 Å². The van der Waals surface area contributed by atoms with Crippen LogP contribution in [0.4, 0.5) is 0 Å². The van der Waals surface area contributed by atoms with Crippen LogP contribution < -0.4 is 0 Å². The summed E-state index contributed by atoms with van der Waals surface area (Å²) >= 11 is 0. The summed E-state index contributed by atoms with van der Waals surface area (Å²) in [5.74, 6) is 0. The lowest BCUT2D eigenvalue weighted by Gasteiger charge is -2.38. The summed E-state index contributed by atoms with van der Waals surface area (Å²) in [6.45, 7) is 7.82. The highest BCUT2D eigenvalue weighted by Gasteiger charge is 2.20. The first-order valence-corrected chi connectivity index (χ1v) is 6.91. The predicted octanol–water partition coefficient (Wildman–Crippen LogP) is 1.23. The van der Waals surface area contributed by atoms with E-state index in [1.165, 1.54) is 5.56 Å². The minimum absolute atomic E-state index is 0.277. The van der Waals surface area contributed by atoms with Gasteiger partial charge >= 0.3 is 0 Å². The number of aliphatic hydroxyl groups is 1. The van der Waals surface area contributed by atoms with Crippen LogP contribution in [-0.2, 0) is 6.42 Å². The molecule has 1 atom stereocenters. The second-order valence-corrected chi connectivity index (χ2v) is 5.14. The molecule has 0 aromatic heterocycles. The van der Waals surface area contributed by atoms with E-state index in [-0.39, 0.29) is 6.61 Å². The van der Waals surface area contributed by atoms with E-state index in [1.807, 2.05) is 0 Å². The highest BCUT2D eigenvalue weighted by atomic mass is 16.3. The highest BCUT2D eigenvalue weighted by Crippen LogP contribution is 2.11. The van der Waals surface area contributed by atoms with E-state index in [0.29, 0.717) is 6.04 Å². The minimum atomic E-state index is 0.277. The van der Waals surface area contributed by atoms with Gasteiger partial charge in [-0.1, -0.05) is 30.3 Å². The van der Waals surface area contributed by atoms with Crippen LogP contribution in [0, 0.1) is 0 Å². The SMILES string of the molecule is CC(Cc1ccccc1)N1CCN(CCO)CC1. The molecule has 1 fully saturated rings. The van der Waals surface area contributed by atoms with Crippen molar-refractivity contribution in [1.82, 2.24) is 9.80 Å². The Morgan fingerprint density at radius 2 is 1.78 bits per heavy atom. The summed E-state index contributed by atoms with van der Waals surface area (Å²) in [6, 6.07) is 11.3. The lowest BCUT2D eigenvalue weighted by atomic mass is 10.1. The second kappa shape index (κ2) is 6.88. The molecule has 3 heteroatoms. The van der Waals surface area contributed by atoms with Crippen molar-refractivity contribution in [1.29, 1.82) is 0 Å². The first-order valence-electron chi connectivity index (χ1n) is 6.91. The van der Waals surface area contributed by atoms with Crippen LogP contribution in [0.3, 0.4) is 0 Å². The standard InChI is InChI=1S/C15H24N2O/c1-14(13-15-5-3-2-4-6-15)17-9-7-16(8-10-17)11-12-18/h2-6,14,18H,7-13H2,1H3. The van der Waals surface area contributed by atoms with Crippen LogP contribution in [0.1, 0.15) is 12.5 Å². The number of hydrogen-bond donors (Lipinski definition) is 1. The normalized spacial score (nSPS) is 19.9. The molecule has 2 rings (SSSR count). The molecule has 0 amide bonds. The maximum atomic E-state index is 8.93. The van der Waals surface area contributed by atoms with Gasteiger partial charge in [-0.25, -0.2) is 0 Å². The van der Waals surface area contributed by atoms with E-state index < -0.39 is 0 Å². The van der Waals surface area contributed by atoms with Crippen molar-refractivity contribution in [2.24, 2.45) is 0 Å². The molecule has 0 radical (unpaired) electrons. The number of rotatable bonds is 5. The van der Waals surface area contributed by atoms with Gasteiger partial charge in [0.1, 0.15) is 0 Å². The Bertz CT molecular complexity index is 334. The van der Waals surface area contributed by atoms with E-state index in [2.05, 4.69) is 47.1 Å². The summed E-state index contributed by atoms with van der Waals surface area (Å²) in [6.07, 6.45) is 1.13. The van der Waals surface area contributed by atoms with E-state index >= 15 is 0 Å². The van der Waals surface area contributed by atoms with Crippen LogP contribution in [0.5, 0.6) is 0 Å². The molecule has 1 saturated heterocycles. The largest absolute Gasteiger partial charge is 0.395 e. The number of aliphatic hydroxyl groups excluding tert-OH is 1. The molecule has 18 heavy (non-hydrogen) atoms. The topological polar surface area (TPSA) is 26.7 Å². The first-order chi connectivity index (χ1) is 8.79. The van der Waals surface area contributed by atoms with Gasteiger partial charge in [0.05, 0.1) is 6.61 Å². The van der Waals surface area contributed by atoms with Crippen molar-refractivity contribution >= 4 is 0 Å². The van der Waals surface area contributed by atoms with Crippen LogP contribution >= 0.6 is 0 Å². The van der Waals surface area contributed by atoms with Gasteiger partial charge < -0.3 is 5.11 Å². The smallest absolute Gasteiger partial charge is 0.0558 e. The molecule has 1 aromatic carbocycles. The lowest BCUT2D eigenvalue weighted by molar-refractivity contribution is 0.0888. The maximum absolute atomic E-state index is 8.93. The van der Waals surface area contributed by atoms with Crippen LogP contribution in [-0.4, -0.2) is 60.3 Å².